The normalized spacial score (nSPS) is 10.2. The zero-order valence-corrected chi connectivity index (χ0v) is 16.5. The first kappa shape index (κ1) is 26.8. The summed E-state index contributed by atoms with van der Waals surface area (Å²) in [5.41, 5.74) is 0. The number of hydrogen-bond donors (Lipinski definition) is 2. The van der Waals surface area contributed by atoms with E-state index in [1.54, 1.807) is 0 Å². The first-order valence-corrected chi connectivity index (χ1v) is 3.73. The first-order valence-electron chi connectivity index (χ1n) is 3.73. The van der Waals surface area contributed by atoms with Crippen molar-refractivity contribution in [2.45, 2.75) is 13.0 Å². The Morgan fingerprint density at radius 2 is 1.35 bits per heavy atom. The summed E-state index contributed by atoms with van der Waals surface area (Å²) in [7, 11) is 0. The van der Waals surface area contributed by atoms with Crippen LogP contribution in [0.3, 0.4) is 0 Å². The minimum atomic E-state index is -1.51. The molecule has 0 amide bonds. The molecular weight excluding hydrogens is 263 g/mol. The van der Waals surface area contributed by atoms with Crippen molar-refractivity contribution in [1.82, 2.24) is 4.90 Å². The van der Waals surface area contributed by atoms with Gasteiger partial charge in [-0.15, -0.1) is 0 Å². The summed E-state index contributed by atoms with van der Waals surface area (Å²) in [4.78, 5) is 31.7. The number of hydrogen-bond acceptors (Lipinski definition) is 5. The molecule has 17 heavy (non-hydrogen) atoms. The van der Waals surface area contributed by atoms with Crippen LogP contribution in [0.2, 0.25) is 0 Å². The molecule has 0 aliphatic carbocycles. The summed E-state index contributed by atoms with van der Waals surface area (Å²) < 4.78 is 0. The number of nitrogens with zero attached hydrogens (tertiary/aromatic N) is 1. The first-order chi connectivity index (χ1) is 6.34. The van der Waals surface area contributed by atoms with Crippen LogP contribution in [0.15, 0.2) is 0 Å². The molecule has 7 nitrogen and oxygen atoms in total. The van der Waals surface area contributed by atoms with Crippen LogP contribution in [0.25, 0.3) is 0 Å². The minimum Gasteiger partial charge on any atom is -0.548 e. The number of carboxylic acids is 3. The Bertz CT molecular complexity index is 246. The maximum Gasteiger partial charge on any atom is 1.00 e. The molecule has 80 valence electrons. The third-order valence-corrected chi connectivity index (χ3v) is 1.57. The average Bonchev–Trinajstić information content (AvgIpc) is 1.99. The summed E-state index contributed by atoms with van der Waals surface area (Å²) in [5.74, 6) is -4.09. The molecule has 0 fully saturated rings. The van der Waals surface area contributed by atoms with Gasteiger partial charge < -0.3 is 20.1 Å². The number of carbonyl (C=O) groups excluding carboxylic acids is 1. The topological polar surface area (TPSA) is 118 Å². The third kappa shape index (κ3) is 13.6. The van der Waals surface area contributed by atoms with Crippen molar-refractivity contribution >= 4 is 17.9 Å². The second-order valence-electron chi connectivity index (χ2n) is 2.69. The predicted molar refractivity (Wildman–Crippen MR) is 41.3 cm³/mol. The van der Waals surface area contributed by atoms with Gasteiger partial charge in [0.25, 0.3) is 0 Å². The van der Waals surface area contributed by atoms with Gasteiger partial charge in [-0.1, -0.05) is 0 Å². The number of rotatable bonds is 6. The molecule has 0 rings (SSSR count). The van der Waals surface area contributed by atoms with Gasteiger partial charge in [-0.05, 0) is 6.92 Å². The zero-order valence-electron chi connectivity index (χ0n) is 10.5. The van der Waals surface area contributed by atoms with Gasteiger partial charge in [0.1, 0.15) is 0 Å². The molecule has 10 heteroatoms. The molecular formula is C7H10NNa3O6+2. The second-order valence-corrected chi connectivity index (χ2v) is 2.69. The molecule has 0 aromatic carbocycles. The van der Waals surface area contributed by atoms with Crippen LogP contribution >= 0.6 is 0 Å². The van der Waals surface area contributed by atoms with Crippen LogP contribution in [0.1, 0.15) is 6.92 Å². The third-order valence-electron chi connectivity index (χ3n) is 1.57. The minimum absolute atomic E-state index is 0. The fourth-order valence-corrected chi connectivity index (χ4v) is 0.826. The van der Waals surface area contributed by atoms with E-state index in [0.29, 0.717) is 0 Å². The van der Waals surface area contributed by atoms with Gasteiger partial charge in [0.15, 0.2) is 0 Å². The number of carboxylic acid groups (broad SMARTS) is 3. The fourth-order valence-electron chi connectivity index (χ4n) is 0.826. The van der Waals surface area contributed by atoms with E-state index in [4.69, 9.17) is 10.2 Å². The summed E-state index contributed by atoms with van der Waals surface area (Å²) in [6.45, 7) is -0.135. The molecule has 0 aliphatic rings. The van der Waals surface area contributed by atoms with Gasteiger partial charge in [-0.2, -0.15) is 0 Å². The van der Waals surface area contributed by atoms with E-state index in [0.717, 1.165) is 4.90 Å². The summed E-state index contributed by atoms with van der Waals surface area (Å²) >= 11 is 0. The van der Waals surface area contributed by atoms with E-state index in [9.17, 15) is 19.5 Å². The number of carbonyl (C=O) groups is 3. The van der Waals surface area contributed by atoms with Crippen molar-refractivity contribution in [1.29, 1.82) is 0 Å². The molecule has 0 heterocycles. The second kappa shape index (κ2) is 13.8. The van der Waals surface area contributed by atoms with E-state index >= 15 is 0 Å². The Balaban J connectivity index is -0.000000282. The van der Waals surface area contributed by atoms with Gasteiger partial charge in [-0.25, -0.2) is 0 Å². The molecule has 2 N–H and O–H groups in total. The van der Waals surface area contributed by atoms with Crippen molar-refractivity contribution in [2.24, 2.45) is 0 Å². The maximum atomic E-state index is 10.4. The molecule has 0 saturated heterocycles. The molecule has 0 bridgehead atoms. The van der Waals surface area contributed by atoms with E-state index in [-0.39, 0.29) is 88.7 Å². The van der Waals surface area contributed by atoms with Crippen molar-refractivity contribution < 1.29 is 118 Å². The molecule has 0 radical (unpaired) electrons. The molecule has 0 aromatic heterocycles. The Morgan fingerprint density at radius 3 is 1.53 bits per heavy atom. The van der Waals surface area contributed by atoms with Gasteiger partial charge in [0.2, 0.25) is 0 Å². The SMILES string of the molecule is C[C@@H](C(=O)[O-])N(CC(=O)O)CC(=O)O.[Na+].[Na+].[Na+]. The summed E-state index contributed by atoms with van der Waals surface area (Å²) in [6.07, 6.45) is 0. The predicted octanol–water partition coefficient (Wildman–Crippen LogP) is -11.4. The van der Waals surface area contributed by atoms with Crippen molar-refractivity contribution in [2.75, 3.05) is 13.1 Å². The fraction of sp³-hybridized carbons (Fsp3) is 0.571. The average molecular weight is 273 g/mol. The van der Waals surface area contributed by atoms with Gasteiger partial charge in [0, 0.05) is 6.04 Å². The molecule has 0 aliphatic heterocycles. The Kier molecular flexibility index (Phi) is 21.8. The van der Waals surface area contributed by atoms with Gasteiger partial charge in [-0.3, -0.25) is 14.5 Å². The number of aliphatic carboxylic acids is 3. The largest absolute Gasteiger partial charge is 1.00 e. The van der Waals surface area contributed by atoms with Crippen LogP contribution in [0, 0.1) is 0 Å². The molecule has 1 atom stereocenters. The van der Waals surface area contributed by atoms with Crippen molar-refractivity contribution in [3.05, 3.63) is 0 Å². The van der Waals surface area contributed by atoms with Crippen molar-refractivity contribution in [3.63, 3.8) is 0 Å². The van der Waals surface area contributed by atoms with Crippen LogP contribution in [-0.4, -0.2) is 52.2 Å². The molecule has 0 aromatic rings. The van der Waals surface area contributed by atoms with E-state index in [2.05, 4.69) is 0 Å². The standard InChI is InChI=1S/C7H11NO6.3Na/c1-4(7(13)14)8(2-5(9)10)3-6(11)12;;;/h4H,2-3H2,1H3,(H,9,10)(H,11,12)(H,13,14);;;/q;3*+1/p-1/t4-;;;/m0.../s1. The van der Waals surface area contributed by atoms with Crippen LogP contribution < -0.4 is 93.8 Å². The summed E-state index contributed by atoms with van der Waals surface area (Å²) in [6, 6.07) is -1.25. The van der Waals surface area contributed by atoms with E-state index < -0.39 is 37.0 Å². The Hall–Kier alpha value is 1.37. The van der Waals surface area contributed by atoms with Gasteiger partial charge in [0.05, 0.1) is 19.1 Å². The van der Waals surface area contributed by atoms with Crippen LogP contribution in [0.5, 0.6) is 0 Å². The molecule has 0 saturated carbocycles. The Morgan fingerprint density at radius 1 is 1.06 bits per heavy atom. The van der Waals surface area contributed by atoms with Crippen LogP contribution in [0.4, 0.5) is 0 Å². The summed E-state index contributed by atoms with van der Waals surface area (Å²) in [5, 5.41) is 27.1. The quantitative estimate of drug-likeness (QED) is 0.461. The van der Waals surface area contributed by atoms with E-state index in [1.165, 1.54) is 6.92 Å². The molecule has 0 unspecified atom stereocenters. The monoisotopic (exact) mass is 273 g/mol. The zero-order chi connectivity index (χ0) is 11.3. The van der Waals surface area contributed by atoms with Crippen LogP contribution in [-0.2, 0) is 14.4 Å². The molecule has 0 spiro atoms. The van der Waals surface area contributed by atoms with Crippen molar-refractivity contribution in [3.8, 4) is 0 Å². The van der Waals surface area contributed by atoms with Gasteiger partial charge >= 0.3 is 101 Å². The van der Waals surface area contributed by atoms with E-state index in [1.807, 2.05) is 0 Å². The smallest absolute Gasteiger partial charge is 0.548 e. The maximum absolute atomic E-state index is 10.4. The Labute approximate surface area is 165 Å².